The number of aromatic nitrogens is 2. The van der Waals surface area contributed by atoms with Crippen molar-refractivity contribution in [3.8, 4) is 0 Å². The van der Waals surface area contributed by atoms with Crippen LogP contribution in [0, 0.1) is 0 Å². The highest BCUT2D eigenvalue weighted by Crippen LogP contribution is 2.11. The van der Waals surface area contributed by atoms with Crippen LogP contribution in [0.2, 0.25) is 0 Å². The normalized spacial score (nSPS) is 11.1. The molecule has 0 fully saturated rings. The Morgan fingerprint density at radius 3 is 2.50 bits per heavy atom. The lowest BCUT2D eigenvalue weighted by molar-refractivity contribution is 0.420. The molecule has 4 nitrogen and oxygen atoms in total. The second kappa shape index (κ2) is 5.86. The van der Waals surface area contributed by atoms with Crippen LogP contribution in [0.3, 0.4) is 0 Å². The van der Waals surface area contributed by atoms with Crippen LogP contribution in [0.5, 0.6) is 0 Å². The number of nitrogens with zero attached hydrogens (tertiary/aromatic N) is 3. The highest BCUT2D eigenvalue weighted by atomic mass is 19.2. The Morgan fingerprint density at radius 1 is 1.11 bits per heavy atom. The van der Waals surface area contributed by atoms with E-state index >= 15 is 0 Å². The third kappa shape index (κ3) is 3.34. The zero-order valence-electron chi connectivity index (χ0n) is 9.20. The van der Waals surface area contributed by atoms with E-state index in [1.54, 1.807) is 42.5 Å². The van der Waals surface area contributed by atoms with Crippen molar-refractivity contribution in [2.75, 3.05) is 0 Å². The molecule has 0 spiro atoms. The molecule has 0 N–H and O–H groups in total. The van der Waals surface area contributed by atoms with E-state index in [0.717, 1.165) is 0 Å². The van der Waals surface area contributed by atoms with E-state index in [1.165, 1.54) is 6.20 Å². The van der Waals surface area contributed by atoms with Gasteiger partial charge in [-0.25, -0.2) is 8.63 Å². The van der Waals surface area contributed by atoms with Crippen molar-refractivity contribution in [3.05, 3.63) is 54.2 Å². The minimum atomic E-state index is -2.94. The minimum absolute atomic E-state index is 0.189. The smallest absolute Gasteiger partial charge is 0.490 e. The van der Waals surface area contributed by atoms with Gasteiger partial charge < -0.3 is 4.65 Å². The second-order valence-electron chi connectivity index (χ2n) is 3.24. The molecule has 1 heterocycles. The number of hydrogen-bond donors (Lipinski definition) is 0. The molecule has 1 aromatic heterocycles. The Labute approximate surface area is 103 Å². The second-order valence-corrected chi connectivity index (χ2v) is 3.24. The summed E-state index contributed by atoms with van der Waals surface area (Å²) in [7, 11) is -2.94. The molecule has 0 unspecified atom stereocenters. The van der Waals surface area contributed by atoms with Gasteiger partial charge in [-0.2, -0.15) is 10.1 Å². The van der Waals surface area contributed by atoms with Gasteiger partial charge in [-0.05, 0) is 24.3 Å². The van der Waals surface area contributed by atoms with Gasteiger partial charge in [-0.1, -0.05) is 18.2 Å². The molecule has 0 aliphatic carbocycles. The summed E-state index contributed by atoms with van der Waals surface area (Å²) in [5.41, 5.74) is 0.448. The number of hydrogen-bond acceptors (Lipinski definition) is 4. The molecule has 90 valence electrons. The van der Waals surface area contributed by atoms with Crippen molar-refractivity contribution < 1.29 is 13.3 Å². The van der Waals surface area contributed by atoms with E-state index in [2.05, 4.69) is 19.8 Å². The van der Waals surface area contributed by atoms with Gasteiger partial charge in [0.25, 0.3) is 0 Å². The predicted octanol–water partition coefficient (Wildman–Crippen LogP) is 2.50. The molecule has 7 heteroatoms. The van der Waals surface area contributed by atoms with Crippen molar-refractivity contribution in [1.29, 1.82) is 0 Å². The molecule has 2 aromatic rings. The zero-order valence-corrected chi connectivity index (χ0v) is 9.20. The molecule has 0 saturated heterocycles. The van der Waals surface area contributed by atoms with Gasteiger partial charge in [0.1, 0.15) is 0 Å². The van der Waals surface area contributed by atoms with Crippen LogP contribution in [-0.2, 0) is 4.65 Å². The molecule has 18 heavy (non-hydrogen) atoms. The van der Waals surface area contributed by atoms with Gasteiger partial charge in [0, 0.05) is 11.8 Å². The van der Waals surface area contributed by atoms with Crippen LogP contribution in [0.4, 0.5) is 14.4 Å². The maximum absolute atomic E-state index is 12.3. The van der Waals surface area contributed by atoms with E-state index in [1.807, 2.05) is 0 Å². The van der Waals surface area contributed by atoms with Crippen molar-refractivity contribution in [1.82, 2.24) is 10.2 Å². The molecule has 2 rings (SSSR count). The van der Waals surface area contributed by atoms with Crippen LogP contribution in [0.1, 0.15) is 5.56 Å². The molecule has 0 aliphatic heterocycles. The quantitative estimate of drug-likeness (QED) is 0.475. The largest absolute Gasteiger partial charge is 0.797 e. The van der Waals surface area contributed by atoms with Gasteiger partial charge in [-0.15, -0.1) is 5.10 Å². The van der Waals surface area contributed by atoms with Crippen LogP contribution in [0.15, 0.2) is 53.7 Å². The summed E-state index contributed by atoms with van der Waals surface area (Å²) < 4.78 is 29.1. The zero-order chi connectivity index (χ0) is 12.8. The third-order valence-electron chi connectivity index (χ3n) is 2.00. The van der Waals surface area contributed by atoms with E-state index in [-0.39, 0.29) is 11.7 Å². The molecule has 0 saturated carbocycles. The van der Waals surface area contributed by atoms with E-state index < -0.39 is 7.47 Å². The lowest BCUT2D eigenvalue weighted by Crippen LogP contribution is -2.14. The fourth-order valence-electron chi connectivity index (χ4n) is 1.28. The lowest BCUT2D eigenvalue weighted by Gasteiger charge is -2.06. The van der Waals surface area contributed by atoms with Crippen LogP contribution in [-0.4, -0.2) is 23.6 Å². The Kier molecular flexibility index (Phi) is 3.96. The molecular formula is C11H8BF2N3O. The van der Waals surface area contributed by atoms with Gasteiger partial charge in [0.15, 0.2) is 5.82 Å². The fourth-order valence-corrected chi connectivity index (χ4v) is 1.28. The van der Waals surface area contributed by atoms with E-state index in [4.69, 9.17) is 0 Å². The molecule has 0 aliphatic rings. The van der Waals surface area contributed by atoms with Crippen LogP contribution < -0.4 is 0 Å². The number of benzene rings is 1. The van der Waals surface area contributed by atoms with Crippen LogP contribution >= 0.6 is 0 Å². The Morgan fingerprint density at radius 2 is 1.89 bits per heavy atom. The van der Waals surface area contributed by atoms with Crippen molar-refractivity contribution in [2.24, 2.45) is 4.99 Å². The maximum atomic E-state index is 12.3. The predicted molar refractivity (Wildman–Crippen MR) is 63.7 cm³/mol. The van der Waals surface area contributed by atoms with Crippen molar-refractivity contribution in [3.63, 3.8) is 0 Å². The molecular weight excluding hydrogens is 239 g/mol. The van der Waals surface area contributed by atoms with Crippen LogP contribution in [0.25, 0.3) is 0 Å². The molecule has 0 atom stereocenters. The fraction of sp³-hybridized carbons (Fsp3) is 0. The highest BCUT2D eigenvalue weighted by molar-refractivity contribution is 6.38. The number of rotatable bonds is 3. The lowest BCUT2D eigenvalue weighted by atomic mass is 10.2. The first kappa shape index (κ1) is 12.2. The molecule has 1 aromatic carbocycles. The van der Waals surface area contributed by atoms with Crippen molar-refractivity contribution >= 4 is 19.2 Å². The maximum Gasteiger partial charge on any atom is 0.797 e. The molecule has 0 amide bonds. The van der Waals surface area contributed by atoms with Gasteiger partial charge >= 0.3 is 7.47 Å². The average Bonchev–Trinajstić information content (AvgIpc) is 2.40. The molecule has 0 bridgehead atoms. The topological polar surface area (TPSA) is 47.4 Å². The summed E-state index contributed by atoms with van der Waals surface area (Å²) in [6.45, 7) is 0. The van der Waals surface area contributed by atoms with E-state index in [9.17, 15) is 8.63 Å². The summed E-state index contributed by atoms with van der Waals surface area (Å²) >= 11 is 0. The summed E-state index contributed by atoms with van der Waals surface area (Å²) in [6.07, 6.45) is 1.47. The first-order valence-corrected chi connectivity index (χ1v) is 5.12. The minimum Gasteiger partial charge on any atom is -0.490 e. The summed E-state index contributed by atoms with van der Waals surface area (Å²) in [5.74, 6) is 0.0168. The summed E-state index contributed by atoms with van der Waals surface area (Å²) in [5, 5.41) is 7.30. The monoisotopic (exact) mass is 247 g/mol. The SMILES string of the molecule is FB(F)OC(=Nc1cccnn1)c1ccccc1. The highest BCUT2D eigenvalue weighted by Gasteiger charge is 2.21. The summed E-state index contributed by atoms with van der Waals surface area (Å²) in [6, 6.07) is 11.6. The van der Waals surface area contributed by atoms with Gasteiger partial charge in [-0.3, -0.25) is 0 Å². The third-order valence-corrected chi connectivity index (χ3v) is 2.00. The van der Waals surface area contributed by atoms with Gasteiger partial charge in [0.2, 0.25) is 5.90 Å². The Bertz CT molecular complexity index is 522. The Balaban J connectivity index is 2.34. The van der Waals surface area contributed by atoms with E-state index in [0.29, 0.717) is 5.56 Å². The Hall–Kier alpha value is -2.31. The van der Waals surface area contributed by atoms with Gasteiger partial charge in [0.05, 0.1) is 0 Å². The van der Waals surface area contributed by atoms with Crippen molar-refractivity contribution in [2.45, 2.75) is 0 Å². The first-order valence-electron chi connectivity index (χ1n) is 5.12. The molecule has 0 radical (unpaired) electrons. The summed E-state index contributed by atoms with van der Waals surface area (Å²) in [4.78, 5) is 3.91. The number of halogens is 2. The first-order chi connectivity index (χ1) is 8.75. The number of aliphatic imine (C=N–C) groups is 1. The standard InChI is InChI=1S/C11H8BF2N3O/c13-12(14)18-11(9-5-2-1-3-6-9)16-10-7-4-8-15-17-10/h1-8H. The average molecular weight is 247 g/mol.